The van der Waals surface area contributed by atoms with Crippen molar-refractivity contribution in [1.82, 2.24) is 10.2 Å². The van der Waals surface area contributed by atoms with E-state index in [1.54, 1.807) is 0 Å². The third-order valence-electron chi connectivity index (χ3n) is 4.10. The smallest absolute Gasteiger partial charge is 0.222 e. The minimum absolute atomic E-state index is 0.0598. The number of carbonyl (C=O) groups is 1. The maximum atomic E-state index is 11.8. The van der Waals surface area contributed by atoms with E-state index in [-0.39, 0.29) is 17.9 Å². The zero-order valence-corrected chi connectivity index (χ0v) is 12.0. The molecule has 0 radical (unpaired) electrons. The molecule has 1 amide bonds. The zero-order valence-electron chi connectivity index (χ0n) is 12.0. The molecule has 2 aliphatic rings. The van der Waals surface area contributed by atoms with Gasteiger partial charge in [-0.2, -0.15) is 0 Å². The highest BCUT2D eigenvalue weighted by atomic mass is 16.5. The standard InChI is InChI=1S/C14H26N2O2/c1-9(2)13(15-14(17)10(3)4)7-16-6-12-5-11(16)8-18-12/h9-13H,5-8H2,1-4H3,(H,15,17)/t11-,12-,13-/m0/s1. The molecule has 18 heavy (non-hydrogen) atoms. The highest BCUT2D eigenvalue weighted by Gasteiger charge is 2.40. The molecule has 0 aromatic carbocycles. The largest absolute Gasteiger partial charge is 0.375 e. The fourth-order valence-electron chi connectivity index (χ4n) is 2.73. The second kappa shape index (κ2) is 5.57. The third-order valence-corrected chi connectivity index (χ3v) is 4.10. The minimum atomic E-state index is 0.0598. The first kappa shape index (κ1) is 13.8. The number of nitrogens with zero attached hydrogens (tertiary/aromatic N) is 1. The molecule has 4 nitrogen and oxygen atoms in total. The van der Waals surface area contributed by atoms with Gasteiger partial charge in [0.25, 0.3) is 0 Å². The molecular weight excluding hydrogens is 228 g/mol. The molecule has 2 fully saturated rings. The molecule has 2 heterocycles. The van der Waals surface area contributed by atoms with Crippen LogP contribution in [-0.4, -0.2) is 48.7 Å². The molecule has 0 unspecified atom stereocenters. The Balaban J connectivity index is 1.88. The SMILES string of the molecule is CC(C)C(=O)N[C@@H](CN1C[C@@H]2C[C@H]1CO2)C(C)C. The van der Waals surface area contributed by atoms with Gasteiger partial charge in [-0.05, 0) is 12.3 Å². The van der Waals surface area contributed by atoms with Gasteiger partial charge in [-0.15, -0.1) is 0 Å². The summed E-state index contributed by atoms with van der Waals surface area (Å²) in [6.45, 7) is 11.1. The second-order valence-electron chi connectivity index (χ2n) is 6.31. The van der Waals surface area contributed by atoms with Crippen molar-refractivity contribution < 1.29 is 9.53 Å². The van der Waals surface area contributed by atoms with Crippen molar-refractivity contribution >= 4 is 5.91 Å². The highest BCUT2D eigenvalue weighted by molar-refractivity contribution is 5.78. The number of likely N-dealkylation sites (tertiary alicyclic amines) is 1. The Morgan fingerprint density at radius 1 is 1.39 bits per heavy atom. The lowest BCUT2D eigenvalue weighted by Crippen LogP contribution is -2.50. The summed E-state index contributed by atoms with van der Waals surface area (Å²) < 4.78 is 5.61. The van der Waals surface area contributed by atoms with Gasteiger partial charge in [-0.3, -0.25) is 9.69 Å². The van der Waals surface area contributed by atoms with E-state index >= 15 is 0 Å². The van der Waals surface area contributed by atoms with Crippen LogP contribution in [0.2, 0.25) is 0 Å². The predicted octanol–water partition coefficient (Wildman–Crippen LogP) is 1.26. The van der Waals surface area contributed by atoms with E-state index in [1.807, 2.05) is 13.8 Å². The monoisotopic (exact) mass is 254 g/mol. The average Bonchev–Trinajstić information content (AvgIpc) is 2.89. The van der Waals surface area contributed by atoms with Crippen LogP contribution in [0.1, 0.15) is 34.1 Å². The van der Waals surface area contributed by atoms with Crippen LogP contribution in [0.5, 0.6) is 0 Å². The minimum Gasteiger partial charge on any atom is -0.375 e. The number of amides is 1. The van der Waals surface area contributed by atoms with Gasteiger partial charge in [0.05, 0.1) is 12.7 Å². The highest BCUT2D eigenvalue weighted by Crippen LogP contribution is 2.28. The molecule has 2 saturated heterocycles. The molecular formula is C14H26N2O2. The van der Waals surface area contributed by atoms with Gasteiger partial charge in [0.1, 0.15) is 0 Å². The molecule has 3 atom stereocenters. The van der Waals surface area contributed by atoms with Crippen LogP contribution in [0, 0.1) is 11.8 Å². The first-order chi connectivity index (χ1) is 8.47. The Hall–Kier alpha value is -0.610. The van der Waals surface area contributed by atoms with E-state index in [0.29, 0.717) is 18.1 Å². The first-order valence-corrected chi connectivity index (χ1v) is 7.13. The maximum absolute atomic E-state index is 11.8. The molecule has 4 heteroatoms. The Kier molecular flexibility index (Phi) is 4.28. The molecule has 0 saturated carbocycles. The number of nitrogens with one attached hydrogen (secondary N) is 1. The summed E-state index contributed by atoms with van der Waals surface area (Å²) in [5, 5.41) is 3.18. The van der Waals surface area contributed by atoms with Gasteiger partial charge in [0.2, 0.25) is 5.91 Å². The molecule has 2 rings (SSSR count). The number of ether oxygens (including phenoxy) is 1. The molecule has 0 aliphatic carbocycles. The fourth-order valence-corrected chi connectivity index (χ4v) is 2.73. The molecule has 2 aliphatic heterocycles. The van der Waals surface area contributed by atoms with Gasteiger partial charge in [-0.1, -0.05) is 27.7 Å². The van der Waals surface area contributed by atoms with Gasteiger partial charge in [-0.25, -0.2) is 0 Å². The van der Waals surface area contributed by atoms with Crippen molar-refractivity contribution in [2.45, 2.75) is 52.3 Å². The number of fused-ring (bicyclic) bond motifs is 2. The topological polar surface area (TPSA) is 41.6 Å². The van der Waals surface area contributed by atoms with E-state index in [2.05, 4.69) is 24.1 Å². The average molecular weight is 254 g/mol. The summed E-state index contributed by atoms with van der Waals surface area (Å²) >= 11 is 0. The number of rotatable bonds is 5. The number of carbonyl (C=O) groups excluding carboxylic acids is 1. The normalized spacial score (nSPS) is 29.2. The Morgan fingerprint density at radius 2 is 2.11 bits per heavy atom. The van der Waals surface area contributed by atoms with Crippen LogP contribution >= 0.6 is 0 Å². The molecule has 0 spiro atoms. The summed E-state index contributed by atoms with van der Waals surface area (Å²) in [6, 6.07) is 0.825. The van der Waals surface area contributed by atoms with Gasteiger partial charge in [0.15, 0.2) is 0 Å². The van der Waals surface area contributed by atoms with Crippen molar-refractivity contribution in [2.75, 3.05) is 19.7 Å². The summed E-state index contributed by atoms with van der Waals surface area (Å²) in [5.41, 5.74) is 0. The van der Waals surface area contributed by atoms with Crippen molar-refractivity contribution in [2.24, 2.45) is 11.8 Å². The zero-order chi connectivity index (χ0) is 13.3. The van der Waals surface area contributed by atoms with Crippen LogP contribution in [0.25, 0.3) is 0 Å². The molecule has 0 aromatic rings. The predicted molar refractivity (Wildman–Crippen MR) is 71.3 cm³/mol. The van der Waals surface area contributed by atoms with Gasteiger partial charge in [0, 0.05) is 31.1 Å². The van der Waals surface area contributed by atoms with E-state index in [1.165, 1.54) is 6.42 Å². The fraction of sp³-hybridized carbons (Fsp3) is 0.929. The van der Waals surface area contributed by atoms with Crippen LogP contribution in [-0.2, 0) is 9.53 Å². The van der Waals surface area contributed by atoms with Crippen molar-refractivity contribution in [3.63, 3.8) is 0 Å². The van der Waals surface area contributed by atoms with Crippen LogP contribution in [0.3, 0.4) is 0 Å². The third kappa shape index (κ3) is 3.04. The van der Waals surface area contributed by atoms with Crippen molar-refractivity contribution in [3.8, 4) is 0 Å². The van der Waals surface area contributed by atoms with Crippen molar-refractivity contribution in [1.29, 1.82) is 0 Å². The van der Waals surface area contributed by atoms with E-state index in [0.717, 1.165) is 19.7 Å². The van der Waals surface area contributed by atoms with E-state index in [9.17, 15) is 4.79 Å². The van der Waals surface area contributed by atoms with Crippen LogP contribution in [0.15, 0.2) is 0 Å². The molecule has 104 valence electrons. The Bertz CT molecular complexity index is 304. The summed E-state index contributed by atoms with van der Waals surface area (Å²) in [4.78, 5) is 14.3. The molecule has 2 bridgehead atoms. The first-order valence-electron chi connectivity index (χ1n) is 7.13. The summed E-state index contributed by atoms with van der Waals surface area (Å²) in [7, 11) is 0. The quantitative estimate of drug-likeness (QED) is 0.803. The summed E-state index contributed by atoms with van der Waals surface area (Å²) in [6.07, 6.45) is 1.60. The number of hydrogen-bond acceptors (Lipinski definition) is 3. The molecule has 0 aromatic heterocycles. The lowest BCUT2D eigenvalue weighted by atomic mass is 10.0. The second-order valence-corrected chi connectivity index (χ2v) is 6.31. The lowest BCUT2D eigenvalue weighted by molar-refractivity contribution is -0.125. The van der Waals surface area contributed by atoms with Crippen LogP contribution < -0.4 is 5.32 Å². The number of morpholine rings is 1. The molecule has 1 N–H and O–H groups in total. The lowest BCUT2D eigenvalue weighted by Gasteiger charge is -2.33. The maximum Gasteiger partial charge on any atom is 0.222 e. The van der Waals surface area contributed by atoms with Gasteiger partial charge < -0.3 is 10.1 Å². The summed E-state index contributed by atoms with van der Waals surface area (Å²) in [5.74, 6) is 0.687. The van der Waals surface area contributed by atoms with Crippen molar-refractivity contribution in [3.05, 3.63) is 0 Å². The Morgan fingerprint density at radius 3 is 2.56 bits per heavy atom. The Labute approximate surface area is 110 Å². The number of hydrogen-bond donors (Lipinski definition) is 1. The van der Waals surface area contributed by atoms with E-state index < -0.39 is 0 Å². The van der Waals surface area contributed by atoms with Crippen LogP contribution in [0.4, 0.5) is 0 Å². The van der Waals surface area contributed by atoms with Gasteiger partial charge >= 0.3 is 0 Å². The van der Waals surface area contributed by atoms with E-state index in [4.69, 9.17) is 4.74 Å².